The molecule has 2 aliphatic heterocycles. The van der Waals surface area contributed by atoms with Gasteiger partial charge in [-0.2, -0.15) is 11.8 Å². The molecule has 2 heterocycles. The van der Waals surface area contributed by atoms with Crippen molar-refractivity contribution >= 4 is 11.8 Å². The maximum absolute atomic E-state index is 9.45. The van der Waals surface area contributed by atoms with Crippen molar-refractivity contribution in [3.8, 4) is 0 Å². The van der Waals surface area contributed by atoms with Crippen molar-refractivity contribution in [1.29, 1.82) is 0 Å². The molecule has 2 unspecified atom stereocenters. The van der Waals surface area contributed by atoms with E-state index >= 15 is 0 Å². The Bertz CT molecular complexity index is 354. The standard InChI is InChI=1S/C11H12O2S/c12-8-1-2-11-9(3-8)10-6-14-5-7(10)4-13-11/h1-3,7,11-12H,4-6H2. The Morgan fingerprint density at radius 2 is 2.43 bits per heavy atom. The molecule has 0 aromatic heterocycles. The average Bonchev–Trinajstić information content (AvgIpc) is 2.65. The Hall–Kier alpha value is -0.670. The van der Waals surface area contributed by atoms with Gasteiger partial charge in [0.05, 0.1) is 6.61 Å². The SMILES string of the molecule is OC1=CC2=C3CSCC3COC2C=C1. The summed E-state index contributed by atoms with van der Waals surface area (Å²) in [5, 5.41) is 9.45. The lowest BCUT2D eigenvalue weighted by Gasteiger charge is -2.29. The minimum Gasteiger partial charge on any atom is -0.508 e. The van der Waals surface area contributed by atoms with E-state index < -0.39 is 0 Å². The van der Waals surface area contributed by atoms with E-state index in [1.165, 1.54) is 16.9 Å². The lowest BCUT2D eigenvalue weighted by atomic mass is 9.89. The molecule has 1 saturated heterocycles. The fourth-order valence-corrected chi connectivity index (χ4v) is 3.54. The smallest absolute Gasteiger partial charge is 0.115 e. The Labute approximate surface area is 87.3 Å². The molecule has 0 aromatic rings. The minimum atomic E-state index is 0.0934. The molecule has 3 aliphatic rings. The molecule has 0 spiro atoms. The Kier molecular flexibility index (Phi) is 1.96. The second-order valence-electron chi connectivity index (χ2n) is 3.87. The third kappa shape index (κ3) is 1.23. The Morgan fingerprint density at radius 1 is 1.50 bits per heavy atom. The summed E-state index contributed by atoms with van der Waals surface area (Å²) in [4.78, 5) is 0. The van der Waals surface area contributed by atoms with Gasteiger partial charge in [-0.05, 0) is 29.4 Å². The highest BCUT2D eigenvalue weighted by atomic mass is 32.2. The summed E-state index contributed by atoms with van der Waals surface area (Å²) in [7, 11) is 0. The van der Waals surface area contributed by atoms with Gasteiger partial charge in [-0.1, -0.05) is 0 Å². The van der Waals surface area contributed by atoms with Gasteiger partial charge in [0.15, 0.2) is 0 Å². The number of ether oxygens (including phenoxy) is 1. The van der Waals surface area contributed by atoms with E-state index in [1.807, 2.05) is 23.9 Å². The van der Waals surface area contributed by atoms with E-state index in [-0.39, 0.29) is 6.10 Å². The Balaban J connectivity index is 2.06. The summed E-state index contributed by atoms with van der Waals surface area (Å²) in [5.74, 6) is 3.22. The third-order valence-electron chi connectivity index (χ3n) is 2.97. The van der Waals surface area contributed by atoms with Crippen LogP contribution in [-0.2, 0) is 4.74 Å². The molecule has 1 N–H and O–H groups in total. The van der Waals surface area contributed by atoms with Gasteiger partial charge in [0, 0.05) is 17.4 Å². The van der Waals surface area contributed by atoms with E-state index in [1.54, 1.807) is 6.08 Å². The normalized spacial score (nSPS) is 35.3. The van der Waals surface area contributed by atoms with Crippen LogP contribution in [0.15, 0.2) is 35.1 Å². The lowest BCUT2D eigenvalue weighted by molar-refractivity contribution is 0.0775. The van der Waals surface area contributed by atoms with Crippen LogP contribution in [0.1, 0.15) is 0 Å². The maximum atomic E-state index is 9.45. The highest BCUT2D eigenvalue weighted by molar-refractivity contribution is 7.99. The zero-order chi connectivity index (χ0) is 9.54. The quantitative estimate of drug-likeness (QED) is 0.660. The lowest BCUT2D eigenvalue weighted by Crippen LogP contribution is -2.28. The van der Waals surface area contributed by atoms with Crippen molar-refractivity contribution in [3.05, 3.63) is 35.1 Å². The maximum Gasteiger partial charge on any atom is 0.115 e. The van der Waals surface area contributed by atoms with Crippen LogP contribution < -0.4 is 0 Å². The molecule has 0 amide bonds. The first-order valence-corrected chi connectivity index (χ1v) is 6.01. The summed E-state index contributed by atoms with van der Waals surface area (Å²) in [6, 6.07) is 0. The van der Waals surface area contributed by atoms with Crippen molar-refractivity contribution in [3.63, 3.8) is 0 Å². The number of aliphatic hydroxyl groups is 1. The number of rotatable bonds is 0. The molecular weight excluding hydrogens is 196 g/mol. The minimum absolute atomic E-state index is 0.0934. The molecule has 3 rings (SSSR count). The van der Waals surface area contributed by atoms with Crippen LogP contribution in [0, 0.1) is 5.92 Å². The molecule has 2 nitrogen and oxygen atoms in total. The number of allylic oxidation sites excluding steroid dienone is 1. The van der Waals surface area contributed by atoms with Crippen molar-refractivity contribution in [2.75, 3.05) is 18.1 Å². The molecule has 0 radical (unpaired) electrons. The van der Waals surface area contributed by atoms with Crippen LogP contribution in [0.2, 0.25) is 0 Å². The van der Waals surface area contributed by atoms with Gasteiger partial charge in [0.25, 0.3) is 0 Å². The van der Waals surface area contributed by atoms with Crippen LogP contribution in [-0.4, -0.2) is 29.3 Å². The fraction of sp³-hybridized carbons (Fsp3) is 0.455. The topological polar surface area (TPSA) is 29.5 Å². The molecule has 14 heavy (non-hydrogen) atoms. The highest BCUT2D eigenvalue weighted by Gasteiger charge is 2.32. The van der Waals surface area contributed by atoms with E-state index in [2.05, 4.69) is 0 Å². The summed E-state index contributed by atoms with van der Waals surface area (Å²) >= 11 is 1.96. The number of hydrogen-bond donors (Lipinski definition) is 1. The average molecular weight is 208 g/mol. The van der Waals surface area contributed by atoms with E-state index in [9.17, 15) is 5.11 Å². The molecule has 1 aliphatic carbocycles. The molecule has 2 atom stereocenters. The van der Waals surface area contributed by atoms with Crippen molar-refractivity contribution < 1.29 is 9.84 Å². The Morgan fingerprint density at radius 3 is 3.36 bits per heavy atom. The first kappa shape index (κ1) is 8.62. The highest BCUT2D eigenvalue weighted by Crippen LogP contribution is 2.38. The number of thioether (sulfide) groups is 1. The van der Waals surface area contributed by atoms with E-state index in [0.717, 1.165) is 12.4 Å². The summed E-state index contributed by atoms with van der Waals surface area (Å²) in [6.45, 7) is 0.843. The largest absolute Gasteiger partial charge is 0.508 e. The first-order valence-electron chi connectivity index (χ1n) is 4.86. The molecule has 0 saturated carbocycles. The zero-order valence-electron chi connectivity index (χ0n) is 7.77. The second-order valence-corrected chi connectivity index (χ2v) is 4.91. The molecular formula is C11H12O2S. The molecule has 74 valence electrons. The molecule has 0 aromatic carbocycles. The van der Waals surface area contributed by atoms with Gasteiger partial charge in [-0.3, -0.25) is 0 Å². The van der Waals surface area contributed by atoms with Crippen molar-refractivity contribution in [1.82, 2.24) is 0 Å². The molecule has 1 fully saturated rings. The monoisotopic (exact) mass is 208 g/mol. The number of aliphatic hydroxyl groups excluding tert-OH is 1. The van der Waals surface area contributed by atoms with Crippen LogP contribution in [0.4, 0.5) is 0 Å². The van der Waals surface area contributed by atoms with Crippen LogP contribution in [0.5, 0.6) is 0 Å². The van der Waals surface area contributed by atoms with Gasteiger partial charge in [-0.15, -0.1) is 0 Å². The summed E-state index contributed by atoms with van der Waals surface area (Å²) < 4.78 is 5.73. The predicted octanol–water partition coefficient (Wildman–Crippen LogP) is 2.06. The van der Waals surface area contributed by atoms with Gasteiger partial charge >= 0.3 is 0 Å². The molecule has 3 heteroatoms. The van der Waals surface area contributed by atoms with Crippen LogP contribution in [0.3, 0.4) is 0 Å². The predicted molar refractivity (Wildman–Crippen MR) is 57.4 cm³/mol. The van der Waals surface area contributed by atoms with Gasteiger partial charge < -0.3 is 9.84 Å². The van der Waals surface area contributed by atoms with Crippen LogP contribution in [0.25, 0.3) is 0 Å². The number of fused-ring (bicyclic) bond motifs is 2. The van der Waals surface area contributed by atoms with Gasteiger partial charge in [-0.25, -0.2) is 0 Å². The van der Waals surface area contributed by atoms with Crippen LogP contribution >= 0.6 is 11.8 Å². The second kappa shape index (κ2) is 3.17. The van der Waals surface area contributed by atoms with E-state index in [4.69, 9.17) is 4.74 Å². The number of hydrogen-bond acceptors (Lipinski definition) is 3. The zero-order valence-corrected chi connectivity index (χ0v) is 8.59. The van der Waals surface area contributed by atoms with Gasteiger partial charge in [0.2, 0.25) is 0 Å². The third-order valence-corrected chi connectivity index (χ3v) is 4.12. The fourth-order valence-electron chi connectivity index (χ4n) is 2.22. The van der Waals surface area contributed by atoms with E-state index in [0.29, 0.717) is 11.7 Å². The van der Waals surface area contributed by atoms with Gasteiger partial charge in [0.1, 0.15) is 11.9 Å². The molecule has 0 bridgehead atoms. The van der Waals surface area contributed by atoms with Crippen molar-refractivity contribution in [2.45, 2.75) is 6.10 Å². The van der Waals surface area contributed by atoms with Crippen molar-refractivity contribution in [2.24, 2.45) is 5.92 Å². The first-order chi connectivity index (χ1) is 6.84. The summed E-state index contributed by atoms with van der Waals surface area (Å²) in [5.41, 5.74) is 2.69. The summed E-state index contributed by atoms with van der Waals surface area (Å²) in [6.07, 6.45) is 5.61.